The van der Waals surface area contributed by atoms with Crippen LogP contribution in [0.15, 0.2) is 12.3 Å². The minimum absolute atomic E-state index is 0.0746. The Labute approximate surface area is 90.4 Å². The molecule has 4 heteroatoms. The molecular weight excluding hydrogens is 190 g/mol. The van der Waals surface area contributed by atoms with E-state index in [9.17, 15) is 0 Å². The molecule has 0 radical (unpaired) electrons. The molecule has 0 unspecified atom stereocenters. The van der Waals surface area contributed by atoms with E-state index in [1.165, 1.54) is 12.8 Å². The molecule has 0 aliphatic heterocycles. The van der Waals surface area contributed by atoms with E-state index >= 15 is 0 Å². The molecule has 0 saturated heterocycles. The second-order valence-corrected chi connectivity index (χ2v) is 4.54. The van der Waals surface area contributed by atoms with Crippen LogP contribution in [0.25, 0.3) is 0 Å². The number of nitrogens with two attached hydrogens (primary N) is 1. The van der Waals surface area contributed by atoms with Crippen molar-refractivity contribution in [3.63, 3.8) is 0 Å². The first kappa shape index (κ1) is 10.6. The van der Waals surface area contributed by atoms with Crippen molar-refractivity contribution in [2.75, 3.05) is 6.61 Å². The lowest BCUT2D eigenvalue weighted by molar-refractivity contribution is 0.0729. The molecule has 0 amide bonds. The lowest BCUT2D eigenvalue weighted by Crippen LogP contribution is -2.41. The summed E-state index contributed by atoms with van der Waals surface area (Å²) in [4.78, 5) is 0. The largest absolute Gasteiger partial charge is 0.373 e. The molecule has 0 atom stereocenters. The van der Waals surface area contributed by atoms with Crippen LogP contribution in [-0.2, 0) is 18.4 Å². The molecular formula is C11H19N3O. The molecule has 0 aromatic carbocycles. The van der Waals surface area contributed by atoms with Crippen molar-refractivity contribution in [3.05, 3.63) is 18.0 Å². The minimum atomic E-state index is -0.0746. The Kier molecular flexibility index (Phi) is 3.07. The highest BCUT2D eigenvalue weighted by Gasteiger charge is 2.29. The zero-order valence-electron chi connectivity index (χ0n) is 9.28. The third-order valence-corrected chi connectivity index (χ3v) is 3.01. The van der Waals surface area contributed by atoms with E-state index in [1.54, 1.807) is 4.68 Å². The van der Waals surface area contributed by atoms with Gasteiger partial charge in [0.15, 0.2) is 0 Å². The van der Waals surface area contributed by atoms with E-state index < -0.39 is 0 Å². The molecule has 2 N–H and O–H groups in total. The van der Waals surface area contributed by atoms with Crippen molar-refractivity contribution < 1.29 is 4.74 Å². The Balaban J connectivity index is 1.75. The highest BCUT2D eigenvalue weighted by molar-refractivity contribution is 4.97. The predicted octanol–water partition coefficient (Wildman–Crippen LogP) is 1.21. The summed E-state index contributed by atoms with van der Waals surface area (Å²) in [5.74, 6) is 0. The average molecular weight is 209 g/mol. The van der Waals surface area contributed by atoms with Crippen LogP contribution in [0.2, 0.25) is 0 Å². The topological polar surface area (TPSA) is 53.1 Å². The number of aromatic nitrogens is 2. The van der Waals surface area contributed by atoms with Crippen molar-refractivity contribution >= 4 is 0 Å². The second-order valence-electron chi connectivity index (χ2n) is 4.54. The van der Waals surface area contributed by atoms with Crippen molar-refractivity contribution in [2.45, 2.75) is 37.8 Å². The fourth-order valence-corrected chi connectivity index (χ4v) is 2.12. The number of aryl methyl sites for hydroxylation is 1. The summed E-state index contributed by atoms with van der Waals surface area (Å²) < 4.78 is 7.40. The predicted molar refractivity (Wildman–Crippen MR) is 58.3 cm³/mol. The zero-order valence-corrected chi connectivity index (χ0v) is 9.28. The lowest BCUT2D eigenvalue weighted by Gasteiger charge is -2.22. The Morgan fingerprint density at radius 3 is 2.87 bits per heavy atom. The van der Waals surface area contributed by atoms with Gasteiger partial charge in [-0.2, -0.15) is 5.10 Å². The van der Waals surface area contributed by atoms with E-state index in [4.69, 9.17) is 10.5 Å². The summed E-state index contributed by atoms with van der Waals surface area (Å²) in [6.07, 6.45) is 6.59. The van der Waals surface area contributed by atoms with Crippen LogP contribution < -0.4 is 5.73 Å². The van der Waals surface area contributed by atoms with Gasteiger partial charge in [-0.25, -0.2) is 0 Å². The highest BCUT2D eigenvalue weighted by atomic mass is 16.5. The Hall–Kier alpha value is -0.870. The molecule has 1 aliphatic carbocycles. The summed E-state index contributed by atoms with van der Waals surface area (Å²) in [6, 6.07) is 1.97. The maximum atomic E-state index is 6.18. The standard InChI is InChI=1S/C11H19N3O/c1-14-7-4-10(13-14)8-15-9-11(12)5-2-3-6-11/h4,7H,2-3,5-6,8-9,12H2,1H3. The molecule has 2 rings (SSSR count). The lowest BCUT2D eigenvalue weighted by atomic mass is 10.0. The van der Waals surface area contributed by atoms with E-state index in [1.807, 2.05) is 19.3 Å². The summed E-state index contributed by atoms with van der Waals surface area (Å²) in [6.45, 7) is 1.23. The van der Waals surface area contributed by atoms with Gasteiger partial charge in [-0.05, 0) is 18.9 Å². The molecule has 84 valence electrons. The van der Waals surface area contributed by atoms with Gasteiger partial charge in [-0.1, -0.05) is 12.8 Å². The van der Waals surface area contributed by atoms with Gasteiger partial charge < -0.3 is 10.5 Å². The van der Waals surface area contributed by atoms with Crippen molar-refractivity contribution in [1.82, 2.24) is 9.78 Å². The zero-order chi connectivity index (χ0) is 10.7. The van der Waals surface area contributed by atoms with Gasteiger partial charge in [0.05, 0.1) is 18.9 Å². The summed E-state index contributed by atoms with van der Waals surface area (Å²) in [5, 5.41) is 4.25. The van der Waals surface area contributed by atoms with Crippen LogP contribution in [0, 0.1) is 0 Å². The van der Waals surface area contributed by atoms with Gasteiger partial charge in [-0.3, -0.25) is 4.68 Å². The smallest absolute Gasteiger partial charge is 0.0907 e. The monoisotopic (exact) mass is 209 g/mol. The summed E-state index contributed by atoms with van der Waals surface area (Å²) >= 11 is 0. The first-order valence-electron chi connectivity index (χ1n) is 5.53. The molecule has 1 saturated carbocycles. The van der Waals surface area contributed by atoms with Gasteiger partial charge in [0.1, 0.15) is 0 Å². The molecule has 1 aromatic rings. The van der Waals surface area contributed by atoms with Gasteiger partial charge in [-0.15, -0.1) is 0 Å². The summed E-state index contributed by atoms with van der Waals surface area (Å²) in [7, 11) is 1.91. The van der Waals surface area contributed by atoms with Gasteiger partial charge in [0.25, 0.3) is 0 Å². The maximum absolute atomic E-state index is 6.18. The summed E-state index contributed by atoms with van der Waals surface area (Å²) in [5.41, 5.74) is 7.07. The van der Waals surface area contributed by atoms with Crippen molar-refractivity contribution in [2.24, 2.45) is 12.8 Å². The Morgan fingerprint density at radius 1 is 1.53 bits per heavy atom. The fourth-order valence-electron chi connectivity index (χ4n) is 2.12. The second kappa shape index (κ2) is 4.33. The number of rotatable bonds is 4. The van der Waals surface area contributed by atoms with Crippen LogP contribution in [0.5, 0.6) is 0 Å². The molecule has 1 heterocycles. The number of hydrogen-bond donors (Lipinski definition) is 1. The molecule has 0 bridgehead atoms. The van der Waals surface area contributed by atoms with Crippen LogP contribution >= 0.6 is 0 Å². The average Bonchev–Trinajstić information content (AvgIpc) is 2.76. The first-order chi connectivity index (χ1) is 7.18. The van der Waals surface area contributed by atoms with Gasteiger partial charge in [0.2, 0.25) is 0 Å². The molecule has 1 aliphatic rings. The van der Waals surface area contributed by atoms with Crippen molar-refractivity contribution in [3.8, 4) is 0 Å². The Morgan fingerprint density at radius 2 is 2.27 bits per heavy atom. The molecule has 0 spiro atoms. The maximum Gasteiger partial charge on any atom is 0.0907 e. The molecule has 15 heavy (non-hydrogen) atoms. The first-order valence-corrected chi connectivity index (χ1v) is 5.53. The van der Waals surface area contributed by atoms with E-state index in [2.05, 4.69) is 5.10 Å². The third kappa shape index (κ3) is 2.79. The normalized spacial score (nSPS) is 19.6. The molecule has 1 fully saturated rings. The van der Waals surface area contributed by atoms with Crippen LogP contribution in [-0.4, -0.2) is 21.9 Å². The quantitative estimate of drug-likeness (QED) is 0.811. The highest BCUT2D eigenvalue weighted by Crippen LogP contribution is 2.27. The van der Waals surface area contributed by atoms with Gasteiger partial charge in [0, 0.05) is 18.8 Å². The third-order valence-electron chi connectivity index (χ3n) is 3.01. The minimum Gasteiger partial charge on any atom is -0.373 e. The van der Waals surface area contributed by atoms with Crippen LogP contribution in [0.1, 0.15) is 31.4 Å². The van der Waals surface area contributed by atoms with Gasteiger partial charge >= 0.3 is 0 Å². The van der Waals surface area contributed by atoms with E-state index in [-0.39, 0.29) is 5.54 Å². The molecule has 1 aromatic heterocycles. The molecule has 4 nitrogen and oxygen atoms in total. The Bertz CT molecular complexity index is 315. The van der Waals surface area contributed by atoms with Crippen molar-refractivity contribution in [1.29, 1.82) is 0 Å². The fraction of sp³-hybridized carbons (Fsp3) is 0.727. The number of ether oxygens (including phenoxy) is 1. The van der Waals surface area contributed by atoms with E-state index in [0.717, 1.165) is 18.5 Å². The van der Waals surface area contributed by atoms with Crippen LogP contribution in [0.3, 0.4) is 0 Å². The number of hydrogen-bond acceptors (Lipinski definition) is 3. The van der Waals surface area contributed by atoms with E-state index in [0.29, 0.717) is 13.2 Å². The SMILES string of the molecule is Cn1ccc(COCC2(N)CCCC2)n1. The number of nitrogens with zero attached hydrogens (tertiary/aromatic N) is 2. The van der Waals surface area contributed by atoms with Crippen LogP contribution in [0.4, 0.5) is 0 Å².